The van der Waals surface area contributed by atoms with Gasteiger partial charge in [0, 0.05) is 18.2 Å². The van der Waals surface area contributed by atoms with E-state index in [0.717, 1.165) is 0 Å². The number of hydrogen-bond acceptors (Lipinski definition) is 4. The Morgan fingerprint density at radius 3 is 2.50 bits per heavy atom. The number of non-ortho nitro benzene ring substituents is 1. The van der Waals surface area contributed by atoms with Crippen molar-refractivity contribution in [2.45, 2.75) is 0 Å². The number of nitrogens with zero attached hydrogens (tertiary/aromatic N) is 1. The van der Waals surface area contributed by atoms with Crippen LogP contribution in [0.4, 0.5) is 5.69 Å². The topological polar surface area (TPSA) is 125 Å². The van der Waals surface area contributed by atoms with Gasteiger partial charge in [0.2, 0.25) is 0 Å². The molecule has 8 nitrogen and oxygen atoms in total. The second-order valence-electron chi connectivity index (χ2n) is 4.21. The summed E-state index contributed by atoms with van der Waals surface area (Å²) in [5.41, 5.74) is 0.124. The maximum atomic E-state index is 12.0. The molecule has 100 valence electrons. The highest BCUT2D eigenvalue weighted by Crippen LogP contribution is 2.21. The van der Waals surface area contributed by atoms with Gasteiger partial charge in [0.1, 0.15) is 0 Å². The Labute approximate surface area is 110 Å². The second-order valence-corrected chi connectivity index (χ2v) is 4.21. The molecule has 2 aromatic heterocycles. The first kappa shape index (κ1) is 11.9. The zero-order chi connectivity index (χ0) is 14.3. The van der Waals surface area contributed by atoms with Crippen LogP contribution in [0.2, 0.25) is 0 Å². The van der Waals surface area contributed by atoms with Crippen LogP contribution in [-0.2, 0) is 0 Å². The molecule has 0 atom stereocenters. The molecule has 1 aromatic carbocycles. The fourth-order valence-electron chi connectivity index (χ4n) is 1.98. The third-order valence-electron chi connectivity index (χ3n) is 2.93. The number of hydrogen-bond donors (Lipinski definition) is 3. The van der Waals surface area contributed by atoms with Crippen LogP contribution >= 0.6 is 0 Å². The summed E-state index contributed by atoms with van der Waals surface area (Å²) in [6.45, 7) is 0. The van der Waals surface area contributed by atoms with Crippen LogP contribution in [0.1, 0.15) is 0 Å². The molecule has 0 fully saturated rings. The standard InChI is InChI=1S/C12H8N4O4/c17-11-5-10(14-15-11)8-3-6-1-2-7(16(19)20)4-9(6)13-12(8)18/h1-5H,(H,13,18)(H2,14,15,17). The number of benzene rings is 1. The van der Waals surface area contributed by atoms with E-state index in [0.29, 0.717) is 16.6 Å². The highest BCUT2D eigenvalue weighted by molar-refractivity contribution is 5.84. The molecule has 0 amide bonds. The lowest BCUT2D eigenvalue weighted by molar-refractivity contribution is -0.384. The van der Waals surface area contributed by atoms with Gasteiger partial charge >= 0.3 is 0 Å². The van der Waals surface area contributed by atoms with E-state index in [4.69, 9.17) is 0 Å². The average Bonchev–Trinajstić information content (AvgIpc) is 2.83. The zero-order valence-corrected chi connectivity index (χ0v) is 9.97. The Morgan fingerprint density at radius 1 is 1.05 bits per heavy atom. The molecule has 0 aliphatic carbocycles. The van der Waals surface area contributed by atoms with Crippen LogP contribution in [-0.4, -0.2) is 20.1 Å². The van der Waals surface area contributed by atoms with Crippen LogP contribution in [0.25, 0.3) is 22.2 Å². The molecule has 0 saturated heterocycles. The normalized spacial score (nSPS) is 10.8. The predicted molar refractivity (Wildman–Crippen MR) is 71.6 cm³/mol. The maximum absolute atomic E-state index is 12.0. The van der Waals surface area contributed by atoms with Gasteiger partial charge in [0.15, 0.2) is 0 Å². The van der Waals surface area contributed by atoms with Crippen molar-refractivity contribution in [3.05, 3.63) is 61.2 Å². The Hall–Kier alpha value is -3.16. The average molecular weight is 272 g/mol. The largest absolute Gasteiger partial charge is 0.321 e. The smallest absolute Gasteiger partial charge is 0.271 e. The lowest BCUT2D eigenvalue weighted by Gasteiger charge is -2.01. The van der Waals surface area contributed by atoms with Crippen LogP contribution in [0.3, 0.4) is 0 Å². The minimum absolute atomic E-state index is 0.101. The minimum atomic E-state index is -0.532. The third-order valence-corrected chi connectivity index (χ3v) is 2.93. The molecule has 2 heterocycles. The summed E-state index contributed by atoms with van der Waals surface area (Å²) in [6, 6.07) is 7.02. The van der Waals surface area contributed by atoms with Crippen LogP contribution in [0.15, 0.2) is 39.9 Å². The highest BCUT2D eigenvalue weighted by atomic mass is 16.6. The first-order chi connectivity index (χ1) is 9.54. The number of aromatic nitrogens is 3. The molecule has 0 radical (unpaired) electrons. The second kappa shape index (κ2) is 4.19. The monoisotopic (exact) mass is 272 g/mol. The van der Waals surface area contributed by atoms with Gasteiger partial charge in [-0.25, -0.2) is 0 Å². The summed E-state index contributed by atoms with van der Waals surface area (Å²) >= 11 is 0. The summed E-state index contributed by atoms with van der Waals surface area (Å²) in [4.78, 5) is 35.8. The number of fused-ring (bicyclic) bond motifs is 1. The molecular weight excluding hydrogens is 264 g/mol. The summed E-state index contributed by atoms with van der Waals surface area (Å²) in [5.74, 6) is 0. The summed E-state index contributed by atoms with van der Waals surface area (Å²) in [7, 11) is 0. The Balaban J connectivity index is 2.25. The van der Waals surface area contributed by atoms with Gasteiger partial charge in [-0.3, -0.25) is 29.9 Å². The van der Waals surface area contributed by atoms with Gasteiger partial charge in [0.05, 0.1) is 21.7 Å². The fraction of sp³-hybridized carbons (Fsp3) is 0. The first-order valence-electron chi connectivity index (χ1n) is 5.64. The molecule has 0 saturated carbocycles. The molecule has 3 N–H and O–H groups in total. The molecule has 3 rings (SSSR count). The van der Waals surface area contributed by atoms with Crippen molar-refractivity contribution < 1.29 is 4.92 Å². The van der Waals surface area contributed by atoms with E-state index in [2.05, 4.69) is 15.2 Å². The lowest BCUT2D eigenvalue weighted by Crippen LogP contribution is -2.09. The third kappa shape index (κ3) is 1.88. The number of rotatable bonds is 2. The molecule has 8 heteroatoms. The quantitative estimate of drug-likeness (QED) is 0.477. The van der Waals surface area contributed by atoms with E-state index in [-0.39, 0.29) is 16.8 Å². The van der Waals surface area contributed by atoms with E-state index in [1.54, 1.807) is 6.07 Å². The summed E-state index contributed by atoms with van der Waals surface area (Å²) in [6.07, 6.45) is 0. The van der Waals surface area contributed by atoms with Crippen molar-refractivity contribution in [2.24, 2.45) is 0 Å². The fourth-order valence-corrected chi connectivity index (χ4v) is 1.98. The van der Waals surface area contributed by atoms with Gasteiger partial charge in [-0.15, -0.1) is 0 Å². The lowest BCUT2D eigenvalue weighted by atomic mass is 10.1. The van der Waals surface area contributed by atoms with Crippen molar-refractivity contribution >= 4 is 16.6 Å². The van der Waals surface area contributed by atoms with Crippen LogP contribution in [0.5, 0.6) is 0 Å². The number of pyridine rings is 1. The van der Waals surface area contributed by atoms with Gasteiger partial charge in [-0.2, -0.15) is 0 Å². The highest BCUT2D eigenvalue weighted by Gasteiger charge is 2.11. The zero-order valence-electron chi connectivity index (χ0n) is 9.97. The summed E-state index contributed by atoms with van der Waals surface area (Å²) < 4.78 is 0. The summed E-state index contributed by atoms with van der Waals surface area (Å²) in [5, 5.41) is 16.3. The first-order valence-corrected chi connectivity index (χ1v) is 5.64. The SMILES string of the molecule is O=c1cc(-c2cc3ccc([N+](=O)[O-])cc3[nH]c2=O)[nH][nH]1. The number of aromatic amines is 3. The molecule has 0 aliphatic rings. The number of nitro groups is 1. The van der Waals surface area contributed by atoms with Crippen molar-refractivity contribution in [3.63, 3.8) is 0 Å². The van der Waals surface area contributed by atoms with Gasteiger partial charge in [0.25, 0.3) is 16.8 Å². The molecular formula is C12H8N4O4. The minimum Gasteiger partial charge on any atom is -0.321 e. The van der Waals surface area contributed by atoms with Crippen molar-refractivity contribution in [3.8, 4) is 11.3 Å². The number of H-pyrrole nitrogens is 3. The van der Waals surface area contributed by atoms with E-state index in [1.807, 2.05) is 0 Å². The molecule has 3 aromatic rings. The predicted octanol–water partition coefficient (Wildman–Crippen LogP) is 1.12. The molecule has 0 spiro atoms. The van der Waals surface area contributed by atoms with Crippen LogP contribution in [0, 0.1) is 10.1 Å². The van der Waals surface area contributed by atoms with E-state index >= 15 is 0 Å². The van der Waals surface area contributed by atoms with E-state index < -0.39 is 10.5 Å². The van der Waals surface area contributed by atoms with E-state index in [9.17, 15) is 19.7 Å². The van der Waals surface area contributed by atoms with Gasteiger partial charge < -0.3 is 4.98 Å². The maximum Gasteiger partial charge on any atom is 0.271 e. The van der Waals surface area contributed by atoms with Crippen molar-refractivity contribution in [1.82, 2.24) is 15.2 Å². The van der Waals surface area contributed by atoms with Gasteiger partial charge in [-0.05, 0) is 17.5 Å². The molecule has 0 unspecified atom stereocenters. The van der Waals surface area contributed by atoms with Gasteiger partial charge in [-0.1, -0.05) is 0 Å². The number of nitro benzene ring substituents is 1. The molecule has 0 bridgehead atoms. The number of nitrogens with one attached hydrogen (secondary N) is 3. The van der Waals surface area contributed by atoms with Crippen molar-refractivity contribution in [1.29, 1.82) is 0 Å². The Kier molecular flexibility index (Phi) is 2.50. The Bertz CT molecular complexity index is 934. The Morgan fingerprint density at radius 2 is 1.85 bits per heavy atom. The van der Waals surface area contributed by atoms with Crippen molar-refractivity contribution in [2.75, 3.05) is 0 Å². The van der Waals surface area contributed by atoms with Crippen LogP contribution < -0.4 is 11.1 Å². The van der Waals surface area contributed by atoms with E-state index in [1.165, 1.54) is 24.3 Å². The molecule has 20 heavy (non-hydrogen) atoms. The molecule has 0 aliphatic heterocycles.